The van der Waals surface area contributed by atoms with E-state index in [-0.39, 0.29) is 0 Å². The van der Waals surface area contributed by atoms with Crippen LogP contribution in [0.4, 0.5) is 0 Å². The normalized spacial score (nSPS) is 10.8. The zero-order chi connectivity index (χ0) is 11.4. The van der Waals surface area contributed by atoms with Crippen molar-refractivity contribution in [1.82, 2.24) is 0 Å². The maximum absolute atomic E-state index is 9.44. The predicted molar refractivity (Wildman–Crippen MR) is 65.0 cm³/mol. The molecular weight excluding hydrogens is 194 g/mol. The second-order valence-electron chi connectivity index (χ2n) is 3.97. The fourth-order valence-electron chi connectivity index (χ4n) is 1.84. The van der Waals surface area contributed by atoms with Gasteiger partial charge >= 0.3 is 0 Å². The van der Waals surface area contributed by atoms with Crippen LogP contribution in [0.2, 0.25) is 0 Å². The van der Waals surface area contributed by atoms with Crippen LogP contribution in [0.15, 0.2) is 60.7 Å². The van der Waals surface area contributed by atoms with Gasteiger partial charge in [0.2, 0.25) is 0 Å². The van der Waals surface area contributed by atoms with Crippen molar-refractivity contribution in [3.8, 4) is 6.07 Å². The molecule has 0 aliphatic heterocycles. The Hall–Kier alpha value is -2.07. The standard InChI is InChI=1S/C15H13N/c1-15(12-16,13-8-4-2-5-9-13)14-10-6-3-7-11-14/h2-11H,1H3. The first-order valence-corrected chi connectivity index (χ1v) is 5.29. The topological polar surface area (TPSA) is 23.8 Å². The number of nitriles is 1. The maximum Gasteiger partial charge on any atom is 0.104 e. The molecular formula is C15H13N. The van der Waals surface area contributed by atoms with E-state index in [4.69, 9.17) is 0 Å². The fourth-order valence-corrected chi connectivity index (χ4v) is 1.84. The number of rotatable bonds is 2. The molecule has 1 heteroatoms. The minimum atomic E-state index is -0.567. The third-order valence-electron chi connectivity index (χ3n) is 2.93. The van der Waals surface area contributed by atoms with E-state index >= 15 is 0 Å². The van der Waals surface area contributed by atoms with Crippen LogP contribution in [0.1, 0.15) is 18.1 Å². The van der Waals surface area contributed by atoms with Gasteiger partial charge in [-0.3, -0.25) is 0 Å². The first-order valence-electron chi connectivity index (χ1n) is 5.29. The summed E-state index contributed by atoms with van der Waals surface area (Å²) >= 11 is 0. The van der Waals surface area contributed by atoms with Gasteiger partial charge in [-0.05, 0) is 18.1 Å². The highest BCUT2D eigenvalue weighted by Gasteiger charge is 2.28. The summed E-state index contributed by atoms with van der Waals surface area (Å²) in [7, 11) is 0. The Bertz CT molecular complexity index is 454. The van der Waals surface area contributed by atoms with E-state index in [0.717, 1.165) is 11.1 Å². The van der Waals surface area contributed by atoms with E-state index < -0.39 is 5.41 Å². The highest BCUT2D eigenvalue weighted by atomic mass is 14.4. The van der Waals surface area contributed by atoms with Gasteiger partial charge < -0.3 is 0 Å². The summed E-state index contributed by atoms with van der Waals surface area (Å²) in [6.07, 6.45) is 0. The summed E-state index contributed by atoms with van der Waals surface area (Å²) < 4.78 is 0. The van der Waals surface area contributed by atoms with E-state index in [1.54, 1.807) is 0 Å². The third-order valence-corrected chi connectivity index (χ3v) is 2.93. The average Bonchev–Trinajstić information content (AvgIpc) is 2.40. The molecule has 0 radical (unpaired) electrons. The lowest BCUT2D eigenvalue weighted by atomic mass is 9.78. The van der Waals surface area contributed by atoms with Crippen molar-refractivity contribution in [2.75, 3.05) is 0 Å². The Kier molecular flexibility index (Phi) is 2.74. The van der Waals surface area contributed by atoms with E-state index in [0.29, 0.717) is 0 Å². The van der Waals surface area contributed by atoms with Gasteiger partial charge in [-0.15, -0.1) is 0 Å². The predicted octanol–water partition coefficient (Wildman–Crippen LogP) is 3.52. The summed E-state index contributed by atoms with van der Waals surface area (Å²) in [4.78, 5) is 0. The summed E-state index contributed by atoms with van der Waals surface area (Å²) in [5, 5.41) is 9.44. The second-order valence-corrected chi connectivity index (χ2v) is 3.97. The van der Waals surface area contributed by atoms with Crippen LogP contribution < -0.4 is 0 Å². The molecule has 16 heavy (non-hydrogen) atoms. The van der Waals surface area contributed by atoms with Gasteiger partial charge in [0.15, 0.2) is 0 Å². The molecule has 0 aromatic heterocycles. The second kappa shape index (κ2) is 4.20. The molecule has 0 amide bonds. The highest BCUT2D eigenvalue weighted by Crippen LogP contribution is 2.30. The van der Waals surface area contributed by atoms with Crippen LogP contribution in [0.5, 0.6) is 0 Å². The summed E-state index contributed by atoms with van der Waals surface area (Å²) in [6, 6.07) is 22.2. The van der Waals surface area contributed by atoms with E-state index in [1.807, 2.05) is 67.6 Å². The van der Waals surface area contributed by atoms with Crippen molar-refractivity contribution in [3.05, 3.63) is 71.8 Å². The molecule has 0 heterocycles. The van der Waals surface area contributed by atoms with Crippen LogP contribution in [0.25, 0.3) is 0 Å². The Labute approximate surface area is 96.0 Å². The lowest BCUT2D eigenvalue weighted by Gasteiger charge is -2.22. The van der Waals surface area contributed by atoms with Crippen molar-refractivity contribution in [1.29, 1.82) is 5.26 Å². The maximum atomic E-state index is 9.44. The molecule has 0 N–H and O–H groups in total. The Balaban J connectivity index is 2.55. The van der Waals surface area contributed by atoms with Gasteiger partial charge in [0.25, 0.3) is 0 Å². The molecule has 2 aromatic carbocycles. The summed E-state index contributed by atoms with van der Waals surface area (Å²) in [5.74, 6) is 0. The van der Waals surface area contributed by atoms with Gasteiger partial charge in [0, 0.05) is 0 Å². The molecule has 1 nitrogen and oxygen atoms in total. The van der Waals surface area contributed by atoms with E-state index in [9.17, 15) is 5.26 Å². The lowest BCUT2D eigenvalue weighted by Crippen LogP contribution is -2.20. The van der Waals surface area contributed by atoms with E-state index in [1.165, 1.54) is 0 Å². The van der Waals surface area contributed by atoms with Crippen LogP contribution in [0, 0.1) is 11.3 Å². The van der Waals surface area contributed by atoms with Crippen molar-refractivity contribution in [2.45, 2.75) is 12.3 Å². The van der Waals surface area contributed by atoms with Crippen LogP contribution in [-0.2, 0) is 5.41 Å². The average molecular weight is 207 g/mol. The SMILES string of the molecule is CC(C#N)(c1ccccc1)c1ccccc1. The number of benzene rings is 2. The molecule has 0 unspecified atom stereocenters. The van der Waals surface area contributed by atoms with Crippen LogP contribution in [0.3, 0.4) is 0 Å². The van der Waals surface area contributed by atoms with Gasteiger partial charge in [-0.2, -0.15) is 5.26 Å². The van der Waals surface area contributed by atoms with Crippen molar-refractivity contribution in [2.24, 2.45) is 0 Å². The van der Waals surface area contributed by atoms with Crippen LogP contribution >= 0.6 is 0 Å². The minimum Gasteiger partial charge on any atom is -0.197 e. The lowest BCUT2D eigenvalue weighted by molar-refractivity contribution is 0.741. The van der Waals surface area contributed by atoms with Gasteiger partial charge in [0.05, 0.1) is 6.07 Å². The smallest absolute Gasteiger partial charge is 0.104 e. The molecule has 0 aliphatic carbocycles. The number of nitrogens with zero attached hydrogens (tertiary/aromatic N) is 1. The largest absolute Gasteiger partial charge is 0.197 e. The molecule has 0 fully saturated rings. The van der Waals surface area contributed by atoms with Gasteiger partial charge in [-0.1, -0.05) is 60.7 Å². The van der Waals surface area contributed by atoms with Crippen LogP contribution in [-0.4, -0.2) is 0 Å². The zero-order valence-corrected chi connectivity index (χ0v) is 9.22. The molecule has 78 valence electrons. The van der Waals surface area contributed by atoms with Crippen molar-refractivity contribution in [3.63, 3.8) is 0 Å². The molecule has 0 saturated heterocycles. The molecule has 0 spiro atoms. The molecule has 0 bridgehead atoms. The monoisotopic (exact) mass is 207 g/mol. The zero-order valence-electron chi connectivity index (χ0n) is 9.22. The number of hydrogen-bond acceptors (Lipinski definition) is 1. The Morgan fingerprint density at radius 2 is 1.19 bits per heavy atom. The van der Waals surface area contributed by atoms with E-state index in [2.05, 4.69) is 6.07 Å². The first kappa shape index (κ1) is 10.4. The molecule has 0 saturated carbocycles. The van der Waals surface area contributed by atoms with Gasteiger partial charge in [0.1, 0.15) is 5.41 Å². The number of hydrogen-bond donors (Lipinski definition) is 0. The summed E-state index contributed by atoms with van der Waals surface area (Å²) in [5.41, 5.74) is 1.50. The molecule has 0 aliphatic rings. The highest BCUT2D eigenvalue weighted by molar-refractivity contribution is 5.44. The Morgan fingerprint density at radius 1 is 0.812 bits per heavy atom. The Morgan fingerprint density at radius 3 is 1.50 bits per heavy atom. The van der Waals surface area contributed by atoms with Gasteiger partial charge in [-0.25, -0.2) is 0 Å². The molecule has 0 atom stereocenters. The quantitative estimate of drug-likeness (QED) is 0.739. The van der Waals surface area contributed by atoms with Crippen molar-refractivity contribution < 1.29 is 0 Å². The molecule has 2 aromatic rings. The first-order chi connectivity index (χ1) is 7.77. The third kappa shape index (κ3) is 1.70. The molecule has 2 rings (SSSR count). The fraction of sp³-hybridized carbons (Fsp3) is 0.133. The minimum absolute atomic E-state index is 0.567. The summed E-state index contributed by atoms with van der Waals surface area (Å²) in [6.45, 7) is 1.96. The van der Waals surface area contributed by atoms with Crippen molar-refractivity contribution >= 4 is 0 Å².